The number of rotatable bonds is 6. The second-order valence-electron chi connectivity index (χ2n) is 7.04. The highest BCUT2D eigenvalue weighted by Gasteiger charge is 2.41. The van der Waals surface area contributed by atoms with Gasteiger partial charge in [-0.15, -0.1) is 0 Å². The first-order valence-corrected chi connectivity index (χ1v) is 10.4. The van der Waals surface area contributed by atoms with Gasteiger partial charge < -0.3 is 14.8 Å². The maximum absolute atomic E-state index is 12.8. The van der Waals surface area contributed by atoms with Gasteiger partial charge in [0, 0.05) is 12.6 Å². The van der Waals surface area contributed by atoms with Gasteiger partial charge in [0.15, 0.2) is 0 Å². The van der Waals surface area contributed by atoms with Crippen molar-refractivity contribution in [3.63, 3.8) is 0 Å². The van der Waals surface area contributed by atoms with Gasteiger partial charge in [-0.3, -0.25) is 4.79 Å². The van der Waals surface area contributed by atoms with Crippen molar-refractivity contribution in [1.29, 1.82) is 0 Å². The number of amides is 1. The van der Waals surface area contributed by atoms with Gasteiger partial charge in [0.25, 0.3) is 10.0 Å². The second-order valence-corrected chi connectivity index (χ2v) is 8.86. The molecular formula is C17H24N2O6S. The third-order valence-electron chi connectivity index (χ3n) is 5.34. The molecule has 1 aliphatic carbocycles. The monoisotopic (exact) mass is 384 g/mol. The molecule has 9 heteroatoms. The Kier molecular flexibility index (Phi) is 5.38. The van der Waals surface area contributed by atoms with Crippen LogP contribution in [0.4, 0.5) is 0 Å². The lowest BCUT2D eigenvalue weighted by molar-refractivity contribution is -0.125. The average molecular weight is 384 g/mol. The lowest BCUT2D eigenvalue weighted by atomic mass is 9.99. The molecule has 2 aliphatic rings. The van der Waals surface area contributed by atoms with Crippen LogP contribution >= 0.6 is 0 Å². The molecule has 2 atom stereocenters. The summed E-state index contributed by atoms with van der Waals surface area (Å²) in [6.07, 6.45) is 5.51. The summed E-state index contributed by atoms with van der Waals surface area (Å²) < 4.78 is 31.6. The fourth-order valence-corrected chi connectivity index (χ4v) is 5.45. The van der Waals surface area contributed by atoms with E-state index in [0.29, 0.717) is 18.8 Å². The van der Waals surface area contributed by atoms with Gasteiger partial charge in [0.2, 0.25) is 16.8 Å². The van der Waals surface area contributed by atoms with Gasteiger partial charge in [-0.1, -0.05) is 12.8 Å². The summed E-state index contributed by atoms with van der Waals surface area (Å²) in [5.74, 6) is -1.64. The molecule has 1 saturated heterocycles. The third kappa shape index (κ3) is 3.64. The minimum Gasteiger partial charge on any atom is -0.475 e. The van der Waals surface area contributed by atoms with E-state index in [-0.39, 0.29) is 18.5 Å². The Labute approximate surface area is 152 Å². The lowest BCUT2D eigenvalue weighted by Crippen LogP contribution is -2.49. The predicted molar refractivity (Wildman–Crippen MR) is 92.1 cm³/mol. The van der Waals surface area contributed by atoms with Gasteiger partial charge in [-0.05, 0) is 50.7 Å². The van der Waals surface area contributed by atoms with Crippen LogP contribution in [0.2, 0.25) is 0 Å². The predicted octanol–water partition coefficient (Wildman–Crippen LogP) is 1.83. The first-order chi connectivity index (χ1) is 12.3. The van der Waals surface area contributed by atoms with Crippen LogP contribution in [0, 0.1) is 5.92 Å². The van der Waals surface area contributed by atoms with E-state index in [1.807, 2.05) is 6.92 Å². The van der Waals surface area contributed by atoms with Crippen molar-refractivity contribution in [1.82, 2.24) is 9.62 Å². The molecule has 1 aliphatic heterocycles. The highest BCUT2D eigenvalue weighted by Crippen LogP contribution is 2.30. The molecule has 0 radical (unpaired) electrons. The smallest absolute Gasteiger partial charge is 0.371 e. The van der Waals surface area contributed by atoms with Crippen molar-refractivity contribution in [2.75, 3.05) is 6.54 Å². The average Bonchev–Trinajstić information content (AvgIpc) is 3.35. The number of aromatic carboxylic acids is 1. The normalized spacial score (nSPS) is 23.2. The highest BCUT2D eigenvalue weighted by molar-refractivity contribution is 7.89. The molecule has 2 N–H and O–H groups in total. The van der Waals surface area contributed by atoms with E-state index in [9.17, 15) is 18.0 Å². The minimum absolute atomic E-state index is 0.0115. The standard InChI is InChI=1S/C17H24N2O6S/c1-11(12-5-2-3-6-12)18-16(20)13-7-4-10-19(13)26(23,24)15-9-8-14(25-15)17(21)22/h8-9,11-13H,2-7,10H2,1H3,(H,18,20)(H,21,22). The summed E-state index contributed by atoms with van der Waals surface area (Å²) >= 11 is 0. The molecule has 3 rings (SSSR count). The maximum atomic E-state index is 12.8. The van der Waals surface area contributed by atoms with Crippen LogP contribution in [-0.2, 0) is 14.8 Å². The van der Waals surface area contributed by atoms with Crippen LogP contribution in [0.3, 0.4) is 0 Å². The van der Waals surface area contributed by atoms with Crippen molar-refractivity contribution in [2.45, 2.75) is 62.6 Å². The van der Waals surface area contributed by atoms with E-state index >= 15 is 0 Å². The lowest BCUT2D eigenvalue weighted by Gasteiger charge is -2.26. The van der Waals surface area contributed by atoms with Gasteiger partial charge in [-0.25, -0.2) is 13.2 Å². The Morgan fingerprint density at radius 3 is 2.54 bits per heavy atom. The summed E-state index contributed by atoms with van der Waals surface area (Å²) in [4.78, 5) is 23.6. The number of hydrogen-bond donors (Lipinski definition) is 2. The Morgan fingerprint density at radius 1 is 1.23 bits per heavy atom. The quantitative estimate of drug-likeness (QED) is 0.773. The number of nitrogens with one attached hydrogen (secondary N) is 1. The summed E-state index contributed by atoms with van der Waals surface area (Å²) in [6, 6.07) is 1.44. The number of sulfonamides is 1. The van der Waals surface area contributed by atoms with Crippen molar-refractivity contribution in [3.8, 4) is 0 Å². The SMILES string of the molecule is CC(NC(=O)C1CCCN1S(=O)(=O)c1ccc(C(=O)O)o1)C1CCCC1. The number of carboxylic acid groups (broad SMARTS) is 1. The highest BCUT2D eigenvalue weighted by atomic mass is 32.2. The topological polar surface area (TPSA) is 117 Å². The van der Waals surface area contributed by atoms with Gasteiger partial charge >= 0.3 is 5.97 Å². The van der Waals surface area contributed by atoms with Gasteiger partial charge in [0.05, 0.1) is 0 Å². The number of carboxylic acids is 1. The molecule has 2 heterocycles. The van der Waals surface area contributed by atoms with Crippen molar-refractivity contribution >= 4 is 21.9 Å². The molecule has 1 aromatic rings. The fraction of sp³-hybridized carbons (Fsp3) is 0.647. The fourth-order valence-electron chi connectivity index (χ4n) is 3.87. The van der Waals surface area contributed by atoms with Gasteiger partial charge in [0.1, 0.15) is 6.04 Å². The molecule has 8 nitrogen and oxygen atoms in total. The number of carbonyl (C=O) groups is 2. The Morgan fingerprint density at radius 2 is 1.92 bits per heavy atom. The summed E-state index contributed by atoms with van der Waals surface area (Å²) in [5, 5.41) is 11.4. The zero-order valence-corrected chi connectivity index (χ0v) is 15.5. The molecule has 0 bridgehead atoms. The van der Waals surface area contributed by atoms with Crippen molar-refractivity contribution in [2.24, 2.45) is 5.92 Å². The molecule has 2 fully saturated rings. The molecule has 144 valence electrons. The molecule has 26 heavy (non-hydrogen) atoms. The van der Waals surface area contributed by atoms with E-state index in [4.69, 9.17) is 9.52 Å². The summed E-state index contributed by atoms with van der Waals surface area (Å²) in [6.45, 7) is 2.18. The van der Waals surface area contributed by atoms with Crippen LogP contribution in [-0.4, -0.2) is 48.3 Å². The largest absolute Gasteiger partial charge is 0.475 e. The van der Waals surface area contributed by atoms with Crippen molar-refractivity contribution < 1.29 is 27.5 Å². The maximum Gasteiger partial charge on any atom is 0.371 e. The summed E-state index contributed by atoms with van der Waals surface area (Å²) in [5.41, 5.74) is 0. The van der Waals surface area contributed by atoms with E-state index in [0.717, 1.165) is 29.3 Å². The first-order valence-electron chi connectivity index (χ1n) is 8.96. The zero-order chi connectivity index (χ0) is 18.9. The Hall–Kier alpha value is -1.87. The van der Waals surface area contributed by atoms with Crippen LogP contribution in [0.15, 0.2) is 21.6 Å². The van der Waals surface area contributed by atoms with Crippen LogP contribution in [0.5, 0.6) is 0 Å². The molecule has 1 saturated carbocycles. The molecule has 0 spiro atoms. The number of carbonyl (C=O) groups excluding carboxylic acids is 1. The number of hydrogen-bond acceptors (Lipinski definition) is 5. The van der Waals surface area contributed by atoms with E-state index in [1.165, 1.54) is 12.8 Å². The molecular weight excluding hydrogens is 360 g/mol. The Bertz CT molecular complexity index is 781. The zero-order valence-electron chi connectivity index (χ0n) is 14.7. The second kappa shape index (κ2) is 7.40. The number of nitrogens with zero attached hydrogens (tertiary/aromatic N) is 1. The van der Waals surface area contributed by atoms with Crippen LogP contribution in [0.25, 0.3) is 0 Å². The third-order valence-corrected chi connectivity index (χ3v) is 7.12. The summed E-state index contributed by atoms with van der Waals surface area (Å²) in [7, 11) is -4.06. The van der Waals surface area contributed by atoms with E-state index < -0.39 is 32.9 Å². The molecule has 1 aromatic heterocycles. The minimum atomic E-state index is -4.06. The van der Waals surface area contributed by atoms with Crippen molar-refractivity contribution in [3.05, 3.63) is 17.9 Å². The molecule has 0 aromatic carbocycles. The van der Waals surface area contributed by atoms with Crippen LogP contribution < -0.4 is 5.32 Å². The Balaban J connectivity index is 1.73. The van der Waals surface area contributed by atoms with E-state index in [2.05, 4.69) is 5.32 Å². The van der Waals surface area contributed by atoms with Gasteiger partial charge in [-0.2, -0.15) is 4.31 Å². The van der Waals surface area contributed by atoms with Crippen LogP contribution in [0.1, 0.15) is 56.0 Å². The number of furan rings is 1. The van der Waals surface area contributed by atoms with E-state index in [1.54, 1.807) is 0 Å². The molecule has 1 amide bonds. The molecule has 2 unspecified atom stereocenters. The first kappa shape index (κ1) is 18.9.